The minimum absolute atomic E-state index is 0.0395. The molecule has 194 valence electrons. The van der Waals surface area contributed by atoms with Crippen molar-refractivity contribution in [2.75, 3.05) is 44.2 Å². The molecule has 1 aliphatic carbocycles. The summed E-state index contributed by atoms with van der Waals surface area (Å²) in [6.07, 6.45) is 2.30. The molecular weight excluding hydrogens is 466 g/mol. The third-order valence-electron chi connectivity index (χ3n) is 7.98. The first kappa shape index (κ1) is 24.7. The van der Waals surface area contributed by atoms with Gasteiger partial charge in [-0.05, 0) is 56.7 Å². The van der Waals surface area contributed by atoms with E-state index < -0.39 is 24.4 Å². The van der Waals surface area contributed by atoms with E-state index in [4.69, 9.17) is 5.73 Å². The largest absolute Gasteiger partial charge is 0.368 e. The highest BCUT2D eigenvalue weighted by Crippen LogP contribution is 2.30. The van der Waals surface area contributed by atoms with Crippen molar-refractivity contribution >= 4 is 17.5 Å². The highest BCUT2D eigenvalue weighted by molar-refractivity contribution is 5.94. The zero-order chi connectivity index (χ0) is 25.6. The molecule has 0 spiro atoms. The number of aromatic nitrogens is 2. The number of hydrogen-bond donors (Lipinski definition) is 1. The van der Waals surface area contributed by atoms with Gasteiger partial charge in [-0.3, -0.25) is 14.3 Å². The fraction of sp³-hybridized carbons (Fsp3) is 0.577. The van der Waals surface area contributed by atoms with E-state index in [9.17, 15) is 18.4 Å². The molecule has 3 heterocycles. The van der Waals surface area contributed by atoms with Crippen molar-refractivity contribution in [1.82, 2.24) is 19.6 Å². The first-order valence-electron chi connectivity index (χ1n) is 12.8. The lowest BCUT2D eigenvalue weighted by atomic mass is 10.0. The lowest BCUT2D eigenvalue weighted by Crippen LogP contribution is -2.56. The van der Waals surface area contributed by atoms with Crippen LogP contribution in [0.5, 0.6) is 0 Å². The van der Waals surface area contributed by atoms with Crippen LogP contribution in [0.1, 0.15) is 45.7 Å². The molecule has 1 atom stereocenters. The first-order valence-corrected chi connectivity index (χ1v) is 12.8. The van der Waals surface area contributed by atoms with Gasteiger partial charge in [0.25, 0.3) is 11.8 Å². The molecule has 2 N–H and O–H groups in total. The summed E-state index contributed by atoms with van der Waals surface area (Å²) in [7, 11) is 0. The number of rotatable bonds is 4. The number of carbonyl (C=O) groups excluding carboxylic acids is 2. The number of carbonyl (C=O) groups is 2. The van der Waals surface area contributed by atoms with Crippen LogP contribution in [0.25, 0.3) is 0 Å². The summed E-state index contributed by atoms with van der Waals surface area (Å²) >= 11 is 0. The number of nitrogens with two attached hydrogens (primary N) is 1. The third-order valence-corrected chi connectivity index (χ3v) is 7.98. The molecule has 8 nitrogen and oxygen atoms in total. The molecular formula is C26H34F2N6O2. The van der Waals surface area contributed by atoms with Gasteiger partial charge in [-0.15, -0.1) is 0 Å². The standard InChI is InChI=1S/C26H34F2N6O2/c1-17-5-3-7-20(18(17)2)31-11-13-32(14-12-31)23(35)15-34-21-8-4-6-19(21)24(30-34)25(36)33-10-9-22(29)26(27,28)16-33/h3,5,7,22H,4,6,8-16,29H2,1-2H3/t22-/m1/s1. The molecule has 2 amide bonds. The highest BCUT2D eigenvalue weighted by atomic mass is 19.3. The number of nitrogens with zero attached hydrogens (tertiary/aromatic N) is 5. The van der Waals surface area contributed by atoms with Gasteiger partial charge in [0, 0.05) is 49.7 Å². The fourth-order valence-corrected chi connectivity index (χ4v) is 5.59. The topological polar surface area (TPSA) is 87.7 Å². The van der Waals surface area contributed by atoms with Gasteiger partial charge in [-0.2, -0.15) is 5.10 Å². The second kappa shape index (κ2) is 9.46. The molecule has 2 fully saturated rings. The number of benzene rings is 1. The highest BCUT2D eigenvalue weighted by Gasteiger charge is 2.45. The summed E-state index contributed by atoms with van der Waals surface area (Å²) in [6.45, 7) is 6.50. The minimum Gasteiger partial charge on any atom is -0.368 e. The zero-order valence-electron chi connectivity index (χ0n) is 21.0. The molecule has 2 saturated heterocycles. The van der Waals surface area contributed by atoms with Crippen LogP contribution in [0.15, 0.2) is 18.2 Å². The lowest BCUT2D eigenvalue weighted by molar-refractivity contribution is -0.132. The maximum atomic E-state index is 14.2. The number of piperazine rings is 1. The predicted molar refractivity (Wildman–Crippen MR) is 132 cm³/mol. The average molecular weight is 501 g/mol. The number of hydrogen-bond acceptors (Lipinski definition) is 5. The number of anilines is 1. The molecule has 3 aliphatic rings. The van der Waals surface area contributed by atoms with Gasteiger partial charge >= 0.3 is 0 Å². The molecule has 1 aromatic heterocycles. The van der Waals surface area contributed by atoms with Gasteiger partial charge in [0.05, 0.1) is 12.6 Å². The van der Waals surface area contributed by atoms with Crippen molar-refractivity contribution in [3.05, 3.63) is 46.3 Å². The first-order chi connectivity index (χ1) is 17.2. The van der Waals surface area contributed by atoms with E-state index in [2.05, 4.69) is 42.0 Å². The Morgan fingerprint density at radius 2 is 1.83 bits per heavy atom. The Morgan fingerprint density at radius 3 is 2.56 bits per heavy atom. The van der Waals surface area contributed by atoms with Crippen LogP contribution in [0.4, 0.5) is 14.5 Å². The van der Waals surface area contributed by atoms with Crippen LogP contribution >= 0.6 is 0 Å². The van der Waals surface area contributed by atoms with Crippen molar-refractivity contribution < 1.29 is 18.4 Å². The summed E-state index contributed by atoms with van der Waals surface area (Å²) in [6, 6.07) is 5.05. The summed E-state index contributed by atoms with van der Waals surface area (Å²) in [5.74, 6) is -3.65. The minimum atomic E-state index is -3.12. The van der Waals surface area contributed by atoms with Crippen molar-refractivity contribution in [3.8, 4) is 0 Å². The predicted octanol–water partition coefficient (Wildman–Crippen LogP) is 2.15. The van der Waals surface area contributed by atoms with E-state index in [0.29, 0.717) is 19.5 Å². The van der Waals surface area contributed by atoms with Crippen molar-refractivity contribution in [3.63, 3.8) is 0 Å². The maximum Gasteiger partial charge on any atom is 0.280 e. The second-order valence-electron chi connectivity index (χ2n) is 10.3. The fourth-order valence-electron chi connectivity index (χ4n) is 5.59. The number of alkyl halides is 2. The number of likely N-dealkylation sites (tertiary alicyclic amines) is 1. The van der Waals surface area contributed by atoms with Crippen LogP contribution in [0.2, 0.25) is 0 Å². The van der Waals surface area contributed by atoms with Crippen LogP contribution in [-0.2, 0) is 24.2 Å². The molecule has 0 saturated carbocycles. The summed E-state index contributed by atoms with van der Waals surface area (Å²) in [5, 5.41) is 4.48. The van der Waals surface area contributed by atoms with Gasteiger partial charge in [0.2, 0.25) is 5.91 Å². The molecule has 36 heavy (non-hydrogen) atoms. The van der Waals surface area contributed by atoms with Crippen LogP contribution < -0.4 is 10.6 Å². The molecule has 5 rings (SSSR count). The number of piperidine rings is 1. The van der Waals surface area contributed by atoms with E-state index in [0.717, 1.165) is 42.1 Å². The zero-order valence-corrected chi connectivity index (χ0v) is 21.0. The Hall–Kier alpha value is -3.01. The SMILES string of the molecule is Cc1cccc(N2CCN(C(=O)Cn3nc(C(=O)N4CC[C@@H](N)C(F)(F)C4)c4c3CCC4)CC2)c1C. The van der Waals surface area contributed by atoms with Crippen LogP contribution in [0.3, 0.4) is 0 Å². The van der Waals surface area contributed by atoms with Gasteiger partial charge in [-0.25, -0.2) is 8.78 Å². The molecule has 10 heteroatoms. The monoisotopic (exact) mass is 500 g/mol. The second-order valence-corrected chi connectivity index (χ2v) is 10.3. The van der Waals surface area contributed by atoms with Crippen LogP contribution in [0, 0.1) is 13.8 Å². The quantitative estimate of drug-likeness (QED) is 0.695. The van der Waals surface area contributed by atoms with E-state index >= 15 is 0 Å². The summed E-state index contributed by atoms with van der Waals surface area (Å²) in [5.41, 5.74) is 11.1. The number of aryl methyl sites for hydroxylation is 1. The molecule has 2 aromatic rings. The Kier molecular flexibility index (Phi) is 6.48. The maximum absolute atomic E-state index is 14.2. The summed E-state index contributed by atoms with van der Waals surface area (Å²) in [4.78, 5) is 31.6. The van der Waals surface area contributed by atoms with Gasteiger partial charge < -0.3 is 20.4 Å². The van der Waals surface area contributed by atoms with Gasteiger partial charge in [-0.1, -0.05) is 12.1 Å². The summed E-state index contributed by atoms with van der Waals surface area (Å²) < 4.78 is 29.9. The van der Waals surface area contributed by atoms with Gasteiger partial charge in [0.15, 0.2) is 5.69 Å². The van der Waals surface area contributed by atoms with Crippen molar-refractivity contribution in [2.45, 2.75) is 58.0 Å². The van der Waals surface area contributed by atoms with E-state index in [-0.39, 0.29) is 31.1 Å². The normalized spacial score (nSPS) is 21.6. The van der Waals surface area contributed by atoms with E-state index in [1.54, 1.807) is 4.68 Å². The molecule has 1 aromatic carbocycles. The molecule has 0 radical (unpaired) electrons. The molecule has 2 aliphatic heterocycles. The lowest BCUT2D eigenvalue weighted by Gasteiger charge is -2.37. The third kappa shape index (κ3) is 4.47. The Labute approximate surface area is 210 Å². The number of amides is 2. The van der Waals surface area contributed by atoms with Crippen LogP contribution in [-0.4, -0.2) is 82.6 Å². The Balaban J connectivity index is 1.26. The number of fused-ring (bicyclic) bond motifs is 1. The van der Waals surface area contributed by atoms with Gasteiger partial charge in [0.1, 0.15) is 6.54 Å². The number of halogens is 2. The van der Waals surface area contributed by atoms with E-state index in [1.165, 1.54) is 16.8 Å². The Morgan fingerprint density at radius 1 is 1.08 bits per heavy atom. The van der Waals surface area contributed by atoms with Crippen molar-refractivity contribution in [2.24, 2.45) is 5.73 Å². The smallest absolute Gasteiger partial charge is 0.280 e. The van der Waals surface area contributed by atoms with Crippen molar-refractivity contribution in [1.29, 1.82) is 0 Å². The average Bonchev–Trinajstić information content (AvgIpc) is 3.46. The molecule has 0 bridgehead atoms. The Bertz CT molecular complexity index is 1170. The molecule has 0 unspecified atom stereocenters. The van der Waals surface area contributed by atoms with E-state index in [1.807, 2.05) is 4.90 Å².